The number of hydrogen-bond donors (Lipinski definition) is 3. The molecular formula is C21H23ClN8O2S2. The number of aromatic nitrogens is 4. The summed E-state index contributed by atoms with van der Waals surface area (Å²) in [4.78, 5) is 46.9. The van der Waals surface area contributed by atoms with E-state index in [1.54, 1.807) is 18.5 Å². The highest BCUT2D eigenvalue weighted by atomic mass is 35.5. The van der Waals surface area contributed by atoms with Gasteiger partial charge in [-0.25, -0.2) is 24.9 Å². The maximum Gasteiger partial charge on any atom is 0.272 e. The van der Waals surface area contributed by atoms with Gasteiger partial charge in [0.25, 0.3) is 11.8 Å². The summed E-state index contributed by atoms with van der Waals surface area (Å²) in [5.74, 6) is -0.638. The standard InChI is InChI=1S/C21H23ClN8O2S2/c1-10(29-18(32)14-15-20(27-8-26-14)33-9-28-15)19-25-7-12(34-19)17(31)30-13(24-5)6-11(16(22)23)21(2,3)4/h6-10H,5,23H2,1-4H3,(H,29,32)(H,30,31)/b13-6+,16-11+. The lowest BCUT2D eigenvalue weighted by atomic mass is 9.87. The number of nitrogens with zero attached hydrogens (tertiary/aromatic N) is 5. The third-order valence-electron chi connectivity index (χ3n) is 4.57. The van der Waals surface area contributed by atoms with Crippen LogP contribution >= 0.6 is 34.3 Å². The fourth-order valence-corrected chi connectivity index (χ4v) is 4.64. The van der Waals surface area contributed by atoms with E-state index in [2.05, 4.69) is 42.3 Å². The molecule has 3 aromatic heterocycles. The molecule has 1 unspecified atom stereocenters. The van der Waals surface area contributed by atoms with E-state index in [-0.39, 0.29) is 22.1 Å². The number of thiazole rings is 2. The highest BCUT2D eigenvalue weighted by molar-refractivity contribution is 7.16. The Hall–Kier alpha value is -3.22. The summed E-state index contributed by atoms with van der Waals surface area (Å²) < 4.78 is 0. The zero-order chi connectivity index (χ0) is 25.0. The Morgan fingerprint density at radius 1 is 1.24 bits per heavy atom. The number of carbonyl (C=O) groups is 2. The van der Waals surface area contributed by atoms with E-state index in [9.17, 15) is 9.59 Å². The van der Waals surface area contributed by atoms with Crippen LogP contribution in [-0.2, 0) is 0 Å². The highest BCUT2D eigenvalue weighted by Crippen LogP contribution is 2.30. The van der Waals surface area contributed by atoms with Crippen molar-refractivity contribution in [3.63, 3.8) is 0 Å². The Balaban J connectivity index is 1.72. The number of rotatable bonds is 7. The predicted octanol–water partition coefficient (Wildman–Crippen LogP) is 3.76. The van der Waals surface area contributed by atoms with Crippen molar-refractivity contribution < 1.29 is 9.59 Å². The van der Waals surface area contributed by atoms with E-state index in [0.717, 1.165) is 11.3 Å². The fourth-order valence-electron chi connectivity index (χ4n) is 2.86. The SMILES string of the molecule is C=N/C(=C\C(=C(/N)Cl)C(C)(C)C)NC(=O)c1cnc(C(C)NC(=O)c2ncnc3scnc23)s1. The van der Waals surface area contributed by atoms with Gasteiger partial charge in [0.05, 0.1) is 17.7 Å². The number of halogens is 1. The van der Waals surface area contributed by atoms with Crippen molar-refractivity contribution >= 4 is 63.2 Å². The van der Waals surface area contributed by atoms with E-state index >= 15 is 0 Å². The van der Waals surface area contributed by atoms with Crippen LogP contribution in [0.5, 0.6) is 0 Å². The molecule has 34 heavy (non-hydrogen) atoms. The molecule has 13 heteroatoms. The smallest absolute Gasteiger partial charge is 0.272 e. The van der Waals surface area contributed by atoms with Crippen molar-refractivity contribution in [1.29, 1.82) is 0 Å². The minimum Gasteiger partial charge on any atom is -0.389 e. The molecule has 1 atom stereocenters. The van der Waals surface area contributed by atoms with Crippen molar-refractivity contribution in [1.82, 2.24) is 30.6 Å². The molecular weight excluding hydrogens is 496 g/mol. The molecule has 4 N–H and O–H groups in total. The summed E-state index contributed by atoms with van der Waals surface area (Å²) in [6, 6.07) is -0.471. The van der Waals surface area contributed by atoms with Gasteiger partial charge in [-0.2, -0.15) is 0 Å². The summed E-state index contributed by atoms with van der Waals surface area (Å²) in [7, 11) is 0. The van der Waals surface area contributed by atoms with Crippen molar-refractivity contribution in [3.8, 4) is 0 Å². The van der Waals surface area contributed by atoms with Crippen LogP contribution in [-0.4, -0.2) is 38.5 Å². The molecule has 2 amide bonds. The number of aliphatic imine (C=N–C) groups is 1. The summed E-state index contributed by atoms with van der Waals surface area (Å²) >= 11 is 8.48. The van der Waals surface area contributed by atoms with Gasteiger partial charge >= 0.3 is 0 Å². The van der Waals surface area contributed by atoms with Crippen LogP contribution in [0.15, 0.2) is 45.7 Å². The molecule has 3 heterocycles. The Labute approximate surface area is 209 Å². The molecule has 3 rings (SSSR count). The molecule has 0 aliphatic rings. The average molecular weight is 519 g/mol. The number of fused-ring (bicyclic) bond motifs is 1. The summed E-state index contributed by atoms with van der Waals surface area (Å²) in [5, 5.41) is 6.16. The van der Waals surface area contributed by atoms with Gasteiger partial charge in [0, 0.05) is 0 Å². The van der Waals surface area contributed by atoms with Crippen LogP contribution in [0.2, 0.25) is 0 Å². The molecule has 0 spiro atoms. The summed E-state index contributed by atoms with van der Waals surface area (Å²) in [6.07, 6.45) is 4.33. The van der Waals surface area contributed by atoms with E-state index in [1.165, 1.54) is 23.9 Å². The number of allylic oxidation sites excluding steroid dienone is 2. The van der Waals surface area contributed by atoms with Gasteiger partial charge in [-0.05, 0) is 30.7 Å². The number of carbonyl (C=O) groups excluding carboxylic acids is 2. The molecule has 0 aliphatic heterocycles. The first-order chi connectivity index (χ1) is 16.0. The van der Waals surface area contributed by atoms with E-state index in [4.69, 9.17) is 17.3 Å². The molecule has 178 valence electrons. The largest absolute Gasteiger partial charge is 0.389 e. The van der Waals surface area contributed by atoms with Gasteiger partial charge in [0.2, 0.25) is 0 Å². The summed E-state index contributed by atoms with van der Waals surface area (Å²) in [6.45, 7) is 11.1. The van der Waals surface area contributed by atoms with Crippen LogP contribution in [0, 0.1) is 5.41 Å². The van der Waals surface area contributed by atoms with Crippen LogP contribution < -0.4 is 16.4 Å². The average Bonchev–Trinajstić information content (AvgIpc) is 3.44. The quantitative estimate of drug-likeness (QED) is 0.245. The van der Waals surface area contributed by atoms with Crippen molar-refractivity contribution in [2.24, 2.45) is 16.1 Å². The lowest BCUT2D eigenvalue weighted by molar-refractivity contribution is 0.0934. The minimum atomic E-state index is -0.471. The van der Waals surface area contributed by atoms with Crippen LogP contribution in [0.1, 0.15) is 58.9 Å². The zero-order valence-corrected chi connectivity index (χ0v) is 21.3. The van der Waals surface area contributed by atoms with Gasteiger partial charge in [0.15, 0.2) is 5.69 Å². The van der Waals surface area contributed by atoms with E-state index < -0.39 is 17.9 Å². The van der Waals surface area contributed by atoms with Crippen molar-refractivity contribution in [3.05, 3.63) is 56.2 Å². The second-order valence-electron chi connectivity index (χ2n) is 8.14. The molecule has 0 aliphatic carbocycles. The second-order valence-corrected chi connectivity index (χ2v) is 10.4. The van der Waals surface area contributed by atoms with E-state index in [0.29, 0.717) is 25.8 Å². The number of hydrogen-bond acceptors (Lipinski definition) is 10. The van der Waals surface area contributed by atoms with Crippen molar-refractivity contribution in [2.45, 2.75) is 33.7 Å². The van der Waals surface area contributed by atoms with Crippen molar-refractivity contribution in [2.75, 3.05) is 0 Å². The van der Waals surface area contributed by atoms with Gasteiger partial charge in [-0.1, -0.05) is 32.4 Å². The Bertz CT molecular complexity index is 1300. The lowest BCUT2D eigenvalue weighted by Gasteiger charge is -2.21. The molecule has 3 aromatic rings. The first-order valence-corrected chi connectivity index (χ1v) is 12.0. The Morgan fingerprint density at radius 3 is 2.62 bits per heavy atom. The monoisotopic (exact) mass is 518 g/mol. The Morgan fingerprint density at radius 2 is 1.97 bits per heavy atom. The van der Waals surface area contributed by atoms with Gasteiger partial charge in [0.1, 0.15) is 37.5 Å². The molecule has 0 saturated heterocycles. The highest BCUT2D eigenvalue weighted by Gasteiger charge is 2.22. The molecule has 0 fully saturated rings. The normalized spacial score (nSPS) is 13.9. The van der Waals surface area contributed by atoms with Crippen LogP contribution in [0.3, 0.4) is 0 Å². The second kappa shape index (κ2) is 10.4. The molecule has 0 aromatic carbocycles. The minimum absolute atomic E-state index is 0.103. The third-order valence-corrected chi connectivity index (χ3v) is 6.69. The summed E-state index contributed by atoms with van der Waals surface area (Å²) in [5.41, 5.74) is 8.25. The molecule has 0 radical (unpaired) electrons. The number of nitrogens with one attached hydrogen (secondary N) is 2. The van der Waals surface area contributed by atoms with Gasteiger partial charge < -0.3 is 16.4 Å². The van der Waals surface area contributed by atoms with Crippen LogP contribution in [0.25, 0.3) is 10.3 Å². The maximum absolute atomic E-state index is 12.8. The molecule has 0 saturated carbocycles. The molecule has 0 bridgehead atoms. The van der Waals surface area contributed by atoms with Crippen LogP contribution in [0.4, 0.5) is 0 Å². The lowest BCUT2D eigenvalue weighted by Crippen LogP contribution is -2.27. The number of amides is 2. The number of nitrogens with two attached hydrogens (primary N) is 1. The molecule has 10 nitrogen and oxygen atoms in total. The first kappa shape index (κ1) is 25.4. The first-order valence-electron chi connectivity index (χ1n) is 9.97. The topological polar surface area (TPSA) is 148 Å². The zero-order valence-electron chi connectivity index (χ0n) is 18.9. The van der Waals surface area contributed by atoms with Gasteiger partial charge in [-0.15, -0.1) is 22.7 Å². The fraction of sp³-hybridized carbons (Fsp3) is 0.286. The van der Waals surface area contributed by atoms with Gasteiger partial charge in [-0.3, -0.25) is 9.59 Å². The third kappa shape index (κ3) is 5.82. The van der Waals surface area contributed by atoms with E-state index in [1.807, 2.05) is 20.8 Å². The Kier molecular flexibility index (Phi) is 7.75. The predicted molar refractivity (Wildman–Crippen MR) is 135 cm³/mol. The maximum atomic E-state index is 12.8.